The van der Waals surface area contributed by atoms with Gasteiger partial charge in [-0.05, 0) is 60.0 Å². The minimum absolute atomic E-state index is 0.0327. The topological polar surface area (TPSA) is 64.4 Å². The van der Waals surface area contributed by atoms with E-state index >= 15 is 0 Å². The van der Waals surface area contributed by atoms with E-state index in [0.717, 1.165) is 16.8 Å². The summed E-state index contributed by atoms with van der Waals surface area (Å²) >= 11 is 12.7. The third-order valence-corrected chi connectivity index (χ3v) is 4.66. The molecular formula is C21H18Cl2N2O3. The Bertz CT molecular complexity index is 968. The van der Waals surface area contributed by atoms with Gasteiger partial charge in [-0.25, -0.2) is 0 Å². The molecule has 0 aliphatic carbocycles. The number of nitrogens with zero attached hydrogens (tertiary/aromatic N) is 1. The molecule has 0 saturated carbocycles. The molecule has 3 rings (SSSR count). The summed E-state index contributed by atoms with van der Waals surface area (Å²) in [6, 6.07) is 17.8. The van der Waals surface area contributed by atoms with Gasteiger partial charge in [0.05, 0.1) is 15.0 Å². The Morgan fingerprint density at radius 3 is 2.29 bits per heavy atom. The number of rotatable bonds is 7. The minimum Gasteiger partial charge on any atom is -0.486 e. The van der Waals surface area contributed by atoms with Crippen molar-refractivity contribution in [1.29, 1.82) is 0 Å². The molecule has 0 bridgehead atoms. The zero-order chi connectivity index (χ0) is 20.1. The van der Waals surface area contributed by atoms with E-state index in [2.05, 4.69) is 11.4 Å². The van der Waals surface area contributed by atoms with Gasteiger partial charge in [0.1, 0.15) is 6.61 Å². The Hall–Kier alpha value is -2.76. The number of anilines is 1. The average Bonchev–Trinajstić information content (AvgIpc) is 2.66. The number of hydrogen-bond donors (Lipinski definition) is 1. The van der Waals surface area contributed by atoms with Crippen LogP contribution in [-0.4, -0.2) is 4.92 Å². The Morgan fingerprint density at radius 1 is 1.00 bits per heavy atom. The van der Waals surface area contributed by atoms with E-state index in [-0.39, 0.29) is 12.3 Å². The van der Waals surface area contributed by atoms with Gasteiger partial charge in [0, 0.05) is 24.4 Å². The number of hydrogen-bond acceptors (Lipinski definition) is 4. The molecule has 7 heteroatoms. The Balaban J connectivity index is 1.65. The van der Waals surface area contributed by atoms with Crippen LogP contribution in [-0.2, 0) is 13.2 Å². The fourth-order valence-electron chi connectivity index (χ4n) is 2.68. The van der Waals surface area contributed by atoms with Crippen LogP contribution in [0.15, 0.2) is 60.7 Å². The average molecular weight is 417 g/mol. The second kappa shape index (κ2) is 8.95. The summed E-state index contributed by atoms with van der Waals surface area (Å²) in [6.45, 7) is 2.82. The molecule has 28 heavy (non-hydrogen) atoms. The summed E-state index contributed by atoms with van der Waals surface area (Å²) in [5, 5.41) is 14.9. The third-order valence-electron chi connectivity index (χ3n) is 4.10. The van der Waals surface area contributed by atoms with Gasteiger partial charge in [0.2, 0.25) is 0 Å². The number of nitrogens with one attached hydrogen (secondary N) is 1. The molecule has 5 nitrogen and oxygen atoms in total. The van der Waals surface area contributed by atoms with E-state index in [0.29, 0.717) is 22.3 Å². The summed E-state index contributed by atoms with van der Waals surface area (Å²) in [5.41, 5.74) is 3.94. The van der Waals surface area contributed by atoms with Crippen LogP contribution >= 0.6 is 23.2 Å². The van der Waals surface area contributed by atoms with Crippen molar-refractivity contribution < 1.29 is 9.66 Å². The lowest BCUT2D eigenvalue weighted by Crippen LogP contribution is -2.01. The van der Waals surface area contributed by atoms with Crippen molar-refractivity contribution in [3.05, 3.63) is 97.5 Å². The van der Waals surface area contributed by atoms with Gasteiger partial charge in [-0.2, -0.15) is 0 Å². The van der Waals surface area contributed by atoms with Crippen LogP contribution < -0.4 is 10.1 Å². The predicted octanol–water partition coefficient (Wildman–Crippen LogP) is 6.40. The smallest absolute Gasteiger partial charge is 0.269 e. The molecule has 0 amide bonds. The molecule has 3 aromatic rings. The van der Waals surface area contributed by atoms with Crippen molar-refractivity contribution in [2.75, 3.05) is 5.32 Å². The van der Waals surface area contributed by atoms with Crippen LogP contribution in [0.2, 0.25) is 10.0 Å². The number of nitro groups is 1. The molecule has 0 heterocycles. The van der Waals surface area contributed by atoms with Crippen molar-refractivity contribution in [3.8, 4) is 5.75 Å². The Morgan fingerprint density at radius 2 is 1.68 bits per heavy atom. The monoisotopic (exact) mass is 416 g/mol. The van der Waals surface area contributed by atoms with Gasteiger partial charge in [0.15, 0.2) is 5.75 Å². The van der Waals surface area contributed by atoms with E-state index in [1.807, 2.05) is 25.1 Å². The molecule has 0 atom stereocenters. The Kier molecular flexibility index (Phi) is 6.39. The van der Waals surface area contributed by atoms with Crippen LogP contribution in [0.4, 0.5) is 11.4 Å². The molecule has 144 valence electrons. The van der Waals surface area contributed by atoms with Gasteiger partial charge >= 0.3 is 0 Å². The molecular weight excluding hydrogens is 399 g/mol. The highest BCUT2D eigenvalue weighted by molar-refractivity contribution is 6.37. The van der Waals surface area contributed by atoms with Gasteiger partial charge < -0.3 is 10.1 Å². The van der Waals surface area contributed by atoms with E-state index in [4.69, 9.17) is 27.9 Å². The number of non-ortho nitro benzene ring substituents is 1. The van der Waals surface area contributed by atoms with E-state index in [1.165, 1.54) is 17.7 Å². The fraction of sp³-hybridized carbons (Fsp3) is 0.143. The van der Waals surface area contributed by atoms with Crippen LogP contribution in [0, 0.1) is 17.0 Å². The molecule has 0 unspecified atom stereocenters. The summed E-state index contributed by atoms with van der Waals surface area (Å²) < 4.78 is 5.73. The highest BCUT2D eigenvalue weighted by Gasteiger charge is 2.11. The summed E-state index contributed by atoms with van der Waals surface area (Å²) in [7, 11) is 0. The quantitative estimate of drug-likeness (QED) is 0.357. The predicted molar refractivity (Wildman–Crippen MR) is 112 cm³/mol. The van der Waals surface area contributed by atoms with E-state index in [1.54, 1.807) is 24.3 Å². The van der Waals surface area contributed by atoms with Crippen molar-refractivity contribution in [2.45, 2.75) is 20.1 Å². The first-order valence-corrected chi connectivity index (χ1v) is 9.32. The normalized spacial score (nSPS) is 10.5. The van der Waals surface area contributed by atoms with Crippen LogP contribution in [0.5, 0.6) is 5.75 Å². The zero-order valence-electron chi connectivity index (χ0n) is 15.1. The van der Waals surface area contributed by atoms with E-state index < -0.39 is 4.92 Å². The number of halogens is 2. The number of ether oxygens (including phenoxy) is 1. The molecule has 0 radical (unpaired) electrons. The van der Waals surface area contributed by atoms with Gasteiger partial charge in [-0.3, -0.25) is 10.1 Å². The van der Waals surface area contributed by atoms with Crippen LogP contribution in [0.1, 0.15) is 16.7 Å². The molecule has 0 saturated heterocycles. The first kappa shape index (κ1) is 20.0. The van der Waals surface area contributed by atoms with E-state index in [9.17, 15) is 10.1 Å². The second-order valence-electron chi connectivity index (χ2n) is 6.32. The summed E-state index contributed by atoms with van der Waals surface area (Å²) in [4.78, 5) is 10.3. The van der Waals surface area contributed by atoms with Crippen LogP contribution in [0.3, 0.4) is 0 Å². The van der Waals surface area contributed by atoms with Gasteiger partial charge in [0.25, 0.3) is 5.69 Å². The third kappa shape index (κ3) is 5.15. The summed E-state index contributed by atoms with van der Waals surface area (Å²) in [6.07, 6.45) is 0. The lowest BCUT2D eigenvalue weighted by Gasteiger charge is -2.13. The summed E-state index contributed by atoms with van der Waals surface area (Å²) in [5.74, 6) is 0.390. The fourth-order valence-corrected chi connectivity index (χ4v) is 3.32. The van der Waals surface area contributed by atoms with Crippen molar-refractivity contribution in [1.82, 2.24) is 0 Å². The van der Waals surface area contributed by atoms with Crippen molar-refractivity contribution >= 4 is 34.6 Å². The largest absolute Gasteiger partial charge is 0.486 e. The molecule has 3 aromatic carbocycles. The first-order valence-electron chi connectivity index (χ1n) is 8.57. The molecule has 0 aliphatic heterocycles. The molecule has 0 aromatic heterocycles. The maximum atomic E-state index is 10.7. The maximum absolute atomic E-state index is 10.7. The molecule has 0 aliphatic rings. The lowest BCUT2D eigenvalue weighted by molar-refractivity contribution is -0.384. The SMILES string of the molecule is Cc1cccc(NCc2cc(Cl)c(OCc3ccc([N+](=O)[O-])cc3)c(Cl)c2)c1. The lowest BCUT2D eigenvalue weighted by atomic mass is 10.2. The molecule has 0 spiro atoms. The van der Waals surface area contributed by atoms with Crippen LogP contribution in [0.25, 0.3) is 0 Å². The minimum atomic E-state index is -0.443. The molecule has 1 N–H and O–H groups in total. The Labute approximate surface area is 173 Å². The highest BCUT2D eigenvalue weighted by Crippen LogP contribution is 2.35. The maximum Gasteiger partial charge on any atom is 0.269 e. The second-order valence-corrected chi connectivity index (χ2v) is 7.14. The number of nitro benzene ring substituents is 1. The van der Waals surface area contributed by atoms with Gasteiger partial charge in [-0.1, -0.05) is 35.3 Å². The number of benzene rings is 3. The first-order chi connectivity index (χ1) is 13.4. The highest BCUT2D eigenvalue weighted by atomic mass is 35.5. The molecule has 0 fully saturated rings. The van der Waals surface area contributed by atoms with Crippen molar-refractivity contribution in [3.63, 3.8) is 0 Å². The number of aryl methyl sites for hydroxylation is 1. The van der Waals surface area contributed by atoms with Crippen molar-refractivity contribution in [2.24, 2.45) is 0 Å². The van der Waals surface area contributed by atoms with Gasteiger partial charge in [-0.15, -0.1) is 0 Å². The zero-order valence-corrected chi connectivity index (χ0v) is 16.6. The standard InChI is InChI=1S/C21H18Cl2N2O3/c1-14-3-2-4-17(9-14)24-12-16-10-19(22)21(20(23)11-16)28-13-15-5-7-18(8-6-15)25(26)27/h2-11,24H,12-13H2,1H3.